The van der Waals surface area contributed by atoms with Gasteiger partial charge in [0.1, 0.15) is 6.61 Å². The van der Waals surface area contributed by atoms with Crippen LogP contribution in [0.25, 0.3) is 6.08 Å². The summed E-state index contributed by atoms with van der Waals surface area (Å²) in [6.07, 6.45) is 1.72. The van der Waals surface area contributed by atoms with Crippen LogP contribution in [-0.4, -0.2) is 23.2 Å². The van der Waals surface area contributed by atoms with Crippen LogP contribution in [0.2, 0.25) is 0 Å². The third-order valence-electron chi connectivity index (χ3n) is 5.26. The van der Waals surface area contributed by atoms with Crippen LogP contribution < -0.4 is 9.47 Å². The Hall–Kier alpha value is -3.03. The number of carbonyl (C=O) groups excluding carboxylic acids is 2. The lowest BCUT2D eigenvalue weighted by Gasteiger charge is -2.14. The van der Waals surface area contributed by atoms with Gasteiger partial charge in [-0.15, -0.1) is 0 Å². The number of hydrogen-bond acceptors (Lipinski definition) is 5. The zero-order valence-corrected chi connectivity index (χ0v) is 20.6. The normalized spacial score (nSPS) is 14.8. The minimum absolute atomic E-state index is 0.263. The van der Waals surface area contributed by atoms with Crippen LogP contribution in [0.5, 0.6) is 11.5 Å². The molecule has 0 bridgehead atoms. The summed E-state index contributed by atoms with van der Waals surface area (Å²) in [6.45, 7) is 2.61. The van der Waals surface area contributed by atoms with Crippen molar-refractivity contribution < 1.29 is 19.1 Å². The molecule has 5 nitrogen and oxygen atoms in total. The fourth-order valence-electron chi connectivity index (χ4n) is 3.38. The Balaban J connectivity index is 1.52. The summed E-state index contributed by atoms with van der Waals surface area (Å²) < 4.78 is 12.4. The van der Waals surface area contributed by atoms with E-state index in [9.17, 15) is 9.59 Å². The summed E-state index contributed by atoms with van der Waals surface area (Å²) in [6, 6.07) is 21.1. The maximum atomic E-state index is 12.9. The summed E-state index contributed by atoms with van der Waals surface area (Å²) >= 11 is 4.38. The zero-order valence-electron chi connectivity index (χ0n) is 18.2. The van der Waals surface area contributed by atoms with Crippen LogP contribution in [0.3, 0.4) is 0 Å². The smallest absolute Gasteiger partial charge is 0.293 e. The standard InChI is InChI=1S/C26H22BrNO4S/c1-17-5-3-4-6-20(17)15-28-25(29)24(33-26(28)30)14-19-9-12-22(31-2)23(13-19)32-16-18-7-10-21(27)11-8-18/h3-14H,15-16H2,1-2H3/b24-14-. The lowest BCUT2D eigenvalue weighted by atomic mass is 10.1. The number of ether oxygens (including phenoxy) is 2. The zero-order chi connectivity index (χ0) is 23.4. The second-order valence-electron chi connectivity index (χ2n) is 7.52. The topological polar surface area (TPSA) is 55.8 Å². The van der Waals surface area contributed by atoms with E-state index in [1.54, 1.807) is 19.3 Å². The van der Waals surface area contributed by atoms with Crippen molar-refractivity contribution in [1.29, 1.82) is 0 Å². The Morgan fingerprint density at radius 1 is 1.00 bits per heavy atom. The predicted octanol–water partition coefficient (Wildman–Crippen LogP) is 6.58. The second kappa shape index (κ2) is 10.3. The molecule has 1 saturated heterocycles. The molecule has 0 unspecified atom stereocenters. The number of aryl methyl sites for hydroxylation is 1. The van der Waals surface area contributed by atoms with Gasteiger partial charge in [-0.25, -0.2) is 0 Å². The van der Waals surface area contributed by atoms with Crippen molar-refractivity contribution in [1.82, 2.24) is 4.90 Å². The molecule has 3 aromatic carbocycles. The van der Waals surface area contributed by atoms with Crippen LogP contribution in [0.1, 0.15) is 22.3 Å². The number of amides is 2. The molecule has 7 heteroatoms. The van der Waals surface area contributed by atoms with Crippen molar-refractivity contribution in [3.8, 4) is 11.5 Å². The lowest BCUT2D eigenvalue weighted by Crippen LogP contribution is -2.27. The van der Waals surface area contributed by atoms with Crippen molar-refractivity contribution in [3.63, 3.8) is 0 Å². The fourth-order valence-corrected chi connectivity index (χ4v) is 4.49. The average molecular weight is 524 g/mol. The molecule has 2 amide bonds. The highest BCUT2D eigenvalue weighted by atomic mass is 79.9. The monoisotopic (exact) mass is 523 g/mol. The second-order valence-corrected chi connectivity index (χ2v) is 9.43. The molecule has 0 aliphatic carbocycles. The number of rotatable bonds is 7. The summed E-state index contributed by atoms with van der Waals surface area (Å²) in [5, 5.41) is -0.269. The number of methoxy groups -OCH3 is 1. The van der Waals surface area contributed by atoms with Crippen molar-refractivity contribution in [2.45, 2.75) is 20.1 Å². The summed E-state index contributed by atoms with van der Waals surface area (Å²) in [4.78, 5) is 27.1. The van der Waals surface area contributed by atoms with Gasteiger partial charge in [0.15, 0.2) is 11.5 Å². The minimum atomic E-state index is -0.290. The largest absolute Gasteiger partial charge is 0.493 e. The molecular weight excluding hydrogens is 502 g/mol. The van der Waals surface area contributed by atoms with Crippen LogP contribution >= 0.6 is 27.7 Å². The molecule has 4 rings (SSSR count). The molecule has 1 heterocycles. The Labute approximate surface area is 205 Å². The highest BCUT2D eigenvalue weighted by Gasteiger charge is 2.35. The van der Waals surface area contributed by atoms with E-state index in [0.29, 0.717) is 23.0 Å². The van der Waals surface area contributed by atoms with Gasteiger partial charge in [-0.2, -0.15) is 0 Å². The summed E-state index contributed by atoms with van der Waals surface area (Å²) in [5.41, 5.74) is 3.77. The Bertz CT molecular complexity index is 1220. The molecule has 3 aromatic rings. The average Bonchev–Trinajstić information content (AvgIpc) is 3.07. The van der Waals surface area contributed by atoms with Crippen molar-refractivity contribution in [2.75, 3.05) is 7.11 Å². The molecule has 0 N–H and O–H groups in total. The van der Waals surface area contributed by atoms with Crippen molar-refractivity contribution in [2.24, 2.45) is 0 Å². The molecule has 1 aliphatic rings. The van der Waals surface area contributed by atoms with E-state index in [0.717, 1.165) is 38.5 Å². The summed E-state index contributed by atoms with van der Waals surface area (Å²) in [7, 11) is 1.58. The first-order chi connectivity index (χ1) is 15.9. The van der Waals surface area contributed by atoms with E-state index < -0.39 is 0 Å². The number of benzene rings is 3. The number of hydrogen-bond donors (Lipinski definition) is 0. The minimum Gasteiger partial charge on any atom is -0.493 e. The molecular formula is C26H22BrNO4S. The van der Waals surface area contributed by atoms with E-state index in [1.165, 1.54) is 4.90 Å². The number of thioether (sulfide) groups is 1. The van der Waals surface area contributed by atoms with Gasteiger partial charge in [0, 0.05) is 4.47 Å². The first-order valence-corrected chi connectivity index (χ1v) is 11.9. The maximum absolute atomic E-state index is 12.9. The number of imide groups is 1. The third kappa shape index (κ3) is 5.49. The van der Waals surface area contributed by atoms with E-state index >= 15 is 0 Å². The van der Waals surface area contributed by atoms with E-state index in [1.807, 2.05) is 67.6 Å². The number of carbonyl (C=O) groups is 2. The molecule has 1 aliphatic heterocycles. The highest BCUT2D eigenvalue weighted by molar-refractivity contribution is 9.10. The van der Waals surface area contributed by atoms with Gasteiger partial charge in [-0.3, -0.25) is 14.5 Å². The fraction of sp³-hybridized carbons (Fsp3) is 0.154. The van der Waals surface area contributed by atoms with Gasteiger partial charge >= 0.3 is 0 Å². The lowest BCUT2D eigenvalue weighted by molar-refractivity contribution is -0.123. The molecule has 0 spiro atoms. The molecule has 0 radical (unpaired) electrons. The van der Waals surface area contributed by atoms with Crippen LogP contribution in [-0.2, 0) is 17.9 Å². The first-order valence-electron chi connectivity index (χ1n) is 10.3. The first kappa shape index (κ1) is 23.1. The van der Waals surface area contributed by atoms with Crippen molar-refractivity contribution in [3.05, 3.63) is 98.4 Å². The molecule has 0 saturated carbocycles. The van der Waals surface area contributed by atoms with Crippen LogP contribution in [0, 0.1) is 6.92 Å². The highest BCUT2D eigenvalue weighted by Crippen LogP contribution is 2.35. The Morgan fingerprint density at radius 2 is 1.76 bits per heavy atom. The van der Waals surface area contributed by atoms with Crippen LogP contribution in [0.4, 0.5) is 4.79 Å². The molecule has 0 aromatic heterocycles. The molecule has 1 fully saturated rings. The predicted molar refractivity (Wildman–Crippen MR) is 134 cm³/mol. The quantitative estimate of drug-likeness (QED) is 0.327. The molecule has 168 valence electrons. The Morgan fingerprint density at radius 3 is 2.48 bits per heavy atom. The summed E-state index contributed by atoms with van der Waals surface area (Å²) in [5.74, 6) is 0.867. The van der Waals surface area contributed by atoms with Gasteiger partial charge in [0.05, 0.1) is 18.6 Å². The van der Waals surface area contributed by atoms with Gasteiger partial charge in [0.2, 0.25) is 0 Å². The Kier molecular flexibility index (Phi) is 7.20. The van der Waals surface area contributed by atoms with E-state index in [4.69, 9.17) is 9.47 Å². The van der Waals surface area contributed by atoms with Gasteiger partial charge in [0.25, 0.3) is 11.1 Å². The molecule has 33 heavy (non-hydrogen) atoms. The third-order valence-corrected chi connectivity index (χ3v) is 6.69. The van der Waals surface area contributed by atoms with Gasteiger partial charge in [-0.1, -0.05) is 58.4 Å². The molecule has 0 atom stereocenters. The van der Waals surface area contributed by atoms with Gasteiger partial charge in [-0.05, 0) is 71.3 Å². The van der Waals surface area contributed by atoms with E-state index in [2.05, 4.69) is 15.9 Å². The van der Waals surface area contributed by atoms with Gasteiger partial charge < -0.3 is 9.47 Å². The van der Waals surface area contributed by atoms with E-state index in [-0.39, 0.29) is 17.7 Å². The SMILES string of the molecule is COc1ccc(/C=C2\SC(=O)N(Cc3ccccc3C)C2=O)cc1OCc1ccc(Br)cc1. The maximum Gasteiger partial charge on any atom is 0.293 e. The van der Waals surface area contributed by atoms with Crippen molar-refractivity contribution >= 4 is 44.9 Å². The number of halogens is 1. The van der Waals surface area contributed by atoms with Crippen LogP contribution in [0.15, 0.2) is 76.1 Å². The number of nitrogens with zero attached hydrogens (tertiary/aromatic N) is 1.